The third kappa shape index (κ3) is 6.12. The molecule has 0 amide bonds. The number of Topliss-reactive ketones (excluding diaryl/α,β-unsaturated/α-hetero) is 1. The van der Waals surface area contributed by atoms with Crippen molar-refractivity contribution < 1.29 is 14.3 Å². The van der Waals surface area contributed by atoms with Gasteiger partial charge >= 0.3 is 5.97 Å². The third-order valence-corrected chi connectivity index (χ3v) is 2.53. The minimum Gasteiger partial charge on any atom is -0.452 e. The molecule has 0 rings (SSSR count). The van der Waals surface area contributed by atoms with Gasteiger partial charge in [-0.05, 0) is 19.3 Å². The summed E-state index contributed by atoms with van der Waals surface area (Å²) in [7, 11) is 0. The van der Waals surface area contributed by atoms with Gasteiger partial charge in [-0.15, -0.1) is 0 Å². The van der Waals surface area contributed by atoms with Crippen LogP contribution in [-0.2, 0) is 14.3 Å². The molecule has 0 aliphatic carbocycles. The van der Waals surface area contributed by atoms with Crippen molar-refractivity contribution in [3.8, 4) is 0 Å². The topological polar surface area (TPSA) is 43.4 Å². The lowest BCUT2D eigenvalue weighted by atomic mass is 9.92. The Morgan fingerprint density at radius 2 is 1.60 bits per heavy atom. The minimum absolute atomic E-state index is 0.0645. The Bertz CT molecular complexity index is 251. The fourth-order valence-corrected chi connectivity index (χ4v) is 1.89. The Kier molecular flexibility index (Phi) is 5.23. The summed E-state index contributed by atoms with van der Waals surface area (Å²) < 4.78 is 5.53. The largest absolute Gasteiger partial charge is 0.452 e. The zero-order valence-electron chi connectivity index (χ0n) is 10.0. The summed E-state index contributed by atoms with van der Waals surface area (Å²) >= 11 is 1.97. The lowest BCUT2D eigenvalue weighted by Crippen LogP contribution is -2.38. The van der Waals surface area contributed by atoms with E-state index in [-0.39, 0.29) is 17.2 Å². The highest BCUT2D eigenvalue weighted by Crippen LogP contribution is 2.22. The van der Waals surface area contributed by atoms with Crippen molar-refractivity contribution in [2.45, 2.75) is 46.6 Å². The van der Waals surface area contributed by atoms with Crippen molar-refractivity contribution in [1.29, 1.82) is 0 Å². The van der Waals surface area contributed by atoms with E-state index in [1.165, 1.54) is 0 Å². The molecule has 88 valence electrons. The van der Waals surface area contributed by atoms with Gasteiger partial charge in [-0.25, -0.2) is 0 Å². The maximum Gasteiger partial charge on any atom is 0.307 e. The first-order valence-electron chi connectivity index (χ1n) is 4.89. The van der Waals surface area contributed by atoms with Crippen LogP contribution in [0.4, 0.5) is 0 Å². The predicted octanol–water partition coefficient (Wildman–Crippen LogP) is 2.75. The molecule has 0 unspecified atom stereocenters. The molecule has 0 aromatic rings. The number of hydrogen-bond acceptors (Lipinski definition) is 3. The smallest absolute Gasteiger partial charge is 0.307 e. The first kappa shape index (κ1) is 14.9. The molecule has 0 aromatic carbocycles. The van der Waals surface area contributed by atoms with E-state index in [9.17, 15) is 9.59 Å². The molecular weight excluding hydrogens is 307 g/mol. The van der Waals surface area contributed by atoms with Crippen molar-refractivity contribution in [3.05, 3.63) is 0 Å². The lowest BCUT2D eigenvalue weighted by Gasteiger charge is -2.25. The Labute approximate surface area is 105 Å². The standard InChI is InChI=1S/C11H19IO3/c1-10(2,3)6-9(14)15-11(4,5)8(13)7-12/h6-7H2,1-5H3. The van der Waals surface area contributed by atoms with Gasteiger partial charge in [-0.2, -0.15) is 0 Å². The van der Waals surface area contributed by atoms with Crippen LogP contribution in [0.25, 0.3) is 0 Å². The summed E-state index contributed by atoms with van der Waals surface area (Å²) in [4.78, 5) is 23.0. The first-order valence-corrected chi connectivity index (χ1v) is 6.42. The van der Waals surface area contributed by atoms with Gasteiger partial charge in [0.2, 0.25) is 0 Å². The highest BCUT2D eigenvalue weighted by molar-refractivity contribution is 14.1. The van der Waals surface area contributed by atoms with Gasteiger partial charge in [-0.1, -0.05) is 43.4 Å². The summed E-state index contributed by atoms with van der Waals surface area (Å²) in [5.41, 5.74) is -1.11. The molecule has 0 aromatic heterocycles. The van der Waals surface area contributed by atoms with Crippen molar-refractivity contribution in [1.82, 2.24) is 0 Å². The van der Waals surface area contributed by atoms with Crippen molar-refractivity contribution in [3.63, 3.8) is 0 Å². The average Bonchev–Trinajstić information content (AvgIpc) is 1.97. The molecular formula is C11H19IO3. The number of rotatable bonds is 4. The number of ether oxygens (including phenoxy) is 1. The molecule has 0 fully saturated rings. The summed E-state index contributed by atoms with van der Waals surface area (Å²) in [6, 6.07) is 0. The van der Waals surface area contributed by atoms with Gasteiger partial charge in [-0.3, -0.25) is 9.59 Å². The molecule has 0 saturated carbocycles. The van der Waals surface area contributed by atoms with Crippen LogP contribution in [-0.4, -0.2) is 21.8 Å². The molecule has 0 aliphatic heterocycles. The molecule has 0 atom stereocenters. The maximum atomic E-state index is 11.5. The summed E-state index contributed by atoms with van der Waals surface area (Å²) in [6.07, 6.45) is 0.324. The molecule has 0 aliphatic rings. The van der Waals surface area contributed by atoms with E-state index in [1.807, 2.05) is 43.4 Å². The van der Waals surface area contributed by atoms with Gasteiger partial charge in [0.1, 0.15) is 0 Å². The number of carbonyl (C=O) groups is 2. The zero-order chi connectivity index (χ0) is 12.3. The number of alkyl halides is 1. The Hall–Kier alpha value is -0.130. The molecule has 0 N–H and O–H groups in total. The van der Waals surface area contributed by atoms with Gasteiger partial charge in [0.25, 0.3) is 0 Å². The second kappa shape index (κ2) is 5.27. The van der Waals surface area contributed by atoms with Crippen molar-refractivity contribution in [2.75, 3.05) is 4.43 Å². The zero-order valence-corrected chi connectivity index (χ0v) is 12.2. The molecule has 0 spiro atoms. The molecule has 3 nitrogen and oxygen atoms in total. The van der Waals surface area contributed by atoms with Crippen LogP contribution in [0.5, 0.6) is 0 Å². The van der Waals surface area contributed by atoms with Crippen LogP contribution in [0.1, 0.15) is 41.0 Å². The fourth-order valence-electron chi connectivity index (χ4n) is 0.972. The van der Waals surface area contributed by atoms with E-state index in [0.717, 1.165) is 0 Å². The highest BCUT2D eigenvalue weighted by atomic mass is 127. The van der Waals surface area contributed by atoms with E-state index < -0.39 is 5.60 Å². The Morgan fingerprint density at radius 1 is 1.13 bits per heavy atom. The van der Waals surface area contributed by atoms with Crippen molar-refractivity contribution in [2.24, 2.45) is 5.41 Å². The molecule has 15 heavy (non-hydrogen) atoms. The van der Waals surface area contributed by atoms with Gasteiger partial charge in [0, 0.05) is 0 Å². The quantitative estimate of drug-likeness (QED) is 0.453. The van der Waals surface area contributed by atoms with E-state index in [4.69, 9.17) is 4.74 Å². The van der Waals surface area contributed by atoms with Crippen LogP contribution >= 0.6 is 22.6 Å². The monoisotopic (exact) mass is 326 g/mol. The summed E-state index contributed by atoms with van der Waals surface area (Å²) in [5.74, 6) is -0.379. The predicted molar refractivity (Wildman–Crippen MR) is 68.1 cm³/mol. The van der Waals surface area contributed by atoms with E-state index in [1.54, 1.807) is 13.8 Å². The molecule has 4 heteroatoms. The lowest BCUT2D eigenvalue weighted by molar-refractivity contribution is -0.164. The van der Waals surface area contributed by atoms with Crippen LogP contribution < -0.4 is 0 Å². The van der Waals surface area contributed by atoms with Gasteiger partial charge < -0.3 is 4.74 Å². The van der Waals surface area contributed by atoms with Crippen molar-refractivity contribution >= 4 is 34.3 Å². The van der Waals surface area contributed by atoms with Crippen LogP contribution in [0.15, 0.2) is 0 Å². The average molecular weight is 326 g/mol. The Morgan fingerprint density at radius 3 is 1.93 bits per heavy atom. The molecule has 0 radical (unpaired) electrons. The normalized spacial score (nSPS) is 12.4. The number of hydrogen-bond donors (Lipinski definition) is 0. The second-order valence-electron chi connectivity index (χ2n) is 5.28. The second-order valence-corrected chi connectivity index (χ2v) is 6.04. The van der Waals surface area contributed by atoms with Crippen LogP contribution in [0, 0.1) is 5.41 Å². The SMILES string of the molecule is CC(C)(C)CC(=O)OC(C)(C)C(=O)CI. The third-order valence-electron chi connectivity index (χ3n) is 1.84. The fraction of sp³-hybridized carbons (Fsp3) is 0.818. The van der Waals surface area contributed by atoms with Gasteiger partial charge in [0.05, 0.1) is 10.8 Å². The number of carbonyl (C=O) groups excluding carboxylic acids is 2. The Balaban J connectivity index is 4.35. The summed E-state index contributed by atoms with van der Waals surface area (Å²) in [6.45, 7) is 9.15. The minimum atomic E-state index is -0.997. The highest BCUT2D eigenvalue weighted by Gasteiger charge is 2.31. The van der Waals surface area contributed by atoms with E-state index in [2.05, 4.69) is 0 Å². The van der Waals surface area contributed by atoms with Crippen LogP contribution in [0.3, 0.4) is 0 Å². The first-order chi connectivity index (χ1) is 6.58. The number of halogens is 1. The number of ketones is 1. The molecule has 0 saturated heterocycles. The van der Waals surface area contributed by atoms with E-state index in [0.29, 0.717) is 10.8 Å². The number of esters is 1. The van der Waals surface area contributed by atoms with Crippen LogP contribution in [0.2, 0.25) is 0 Å². The summed E-state index contributed by atoms with van der Waals surface area (Å²) in [5, 5.41) is 0. The maximum absolute atomic E-state index is 11.5. The molecule has 0 heterocycles. The van der Waals surface area contributed by atoms with E-state index >= 15 is 0 Å². The van der Waals surface area contributed by atoms with Gasteiger partial charge in [0.15, 0.2) is 11.4 Å². The molecule has 0 bridgehead atoms.